The number of rotatable bonds is 1. The van der Waals surface area contributed by atoms with Crippen LogP contribution in [0.3, 0.4) is 0 Å². The van der Waals surface area contributed by atoms with Crippen LogP contribution in [-0.2, 0) is 6.61 Å². The Labute approximate surface area is 81.9 Å². The van der Waals surface area contributed by atoms with Gasteiger partial charge in [0.25, 0.3) is 0 Å². The van der Waals surface area contributed by atoms with Crippen LogP contribution < -0.4 is 0 Å². The first-order valence-electron chi connectivity index (χ1n) is 3.60. The molecule has 0 saturated heterocycles. The van der Waals surface area contributed by atoms with Crippen molar-refractivity contribution in [1.29, 1.82) is 0 Å². The van der Waals surface area contributed by atoms with Crippen LogP contribution in [0, 0.1) is 6.92 Å². The number of aliphatic hydroxyl groups is 1. The van der Waals surface area contributed by atoms with Crippen LogP contribution in [0.25, 0.3) is 0 Å². The average Bonchev–Trinajstić information content (AvgIpc) is 2.13. The molecular weight excluding hydrogens is 216 g/mol. The standard InChI is InChI=1S/C8H9BrO.C2H4/c1-6-2-3-8(9)4-7(6)5-10;1-2/h2-4,10H,5H2,1H3;1-2H2. The molecule has 0 atom stereocenters. The van der Waals surface area contributed by atoms with Crippen molar-refractivity contribution in [2.24, 2.45) is 0 Å². The highest BCUT2D eigenvalue weighted by Gasteiger charge is 1.95. The molecule has 0 fully saturated rings. The largest absolute Gasteiger partial charge is 0.392 e. The number of halogens is 1. The van der Waals surface area contributed by atoms with E-state index in [2.05, 4.69) is 29.1 Å². The molecule has 1 N–H and O–H groups in total. The van der Waals surface area contributed by atoms with Gasteiger partial charge < -0.3 is 5.11 Å². The van der Waals surface area contributed by atoms with E-state index in [1.54, 1.807) is 0 Å². The van der Waals surface area contributed by atoms with E-state index in [-0.39, 0.29) is 6.61 Å². The van der Waals surface area contributed by atoms with Gasteiger partial charge in [0.05, 0.1) is 6.61 Å². The molecule has 12 heavy (non-hydrogen) atoms. The van der Waals surface area contributed by atoms with E-state index in [9.17, 15) is 0 Å². The Kier molecular flexibility index (Phi) is 5.68. The Balaban J connectivity index is 0.000000561. The summed E-state index contributed by atoms with van der Waals surface area (Å²) in [5.41, 5.74) is 2.11. The maximum Gasteiger partial charge on any atom is 0.0684 e. The third-order valence-corrected chi connectivity index (χ3v) is 1.97. The Hall–Kier alpha value is -0.600. The number of aliphatic hydroxyl groups excluding tert-OH is 1. The van der Waals surface area contributed by atoms with Gasteiger partial charge in [0.15, 0.2) is 0 Å². The lowest BCUT2D eigenvalue weighted by Crippen LogP contribution is -1.86. The van der Waals surface area contributed by atoms with Gasteiger partial charge in [0, 0.05) is 4.47 Å². The van der Waals surface area contributed by atoms with Gasteiger partial charge in [-0.25, -0.2) is 0 Å². The Bertz CT molecular complexity index is 246. The van der Waals surface area contributed by atoms with E-state index in [1.165, 1.54) is 0 Å². The van der Waals surface area contributed by atoms with Crippen LogP contribution in [0.5, 0.6) is 0 Å². The quantitative estimate of drug-likeness (QED) is 0.734. The average molecular weight is 229 g/mol. The predicted molar refractivity (Wildman–Crippen MR) is 56.1 cm³/mol. The molecule has 0 amide bonds. The first-order chi connectivity index (χ1) is 5.74. The molecule has 0 aliphatic carbocycles. The molecule has 2 heteroatoms. The van der Waals surface area contributed by atoms with Gasteiger partial charge in [-0.05, 0) is 30.2 Å². The molecule has 0 bridgehead atoms. The molecule has 1 rings (SSSR count). The van der Waals surface area contributed by atoms with Crippen molar-refractivity contribution >= 4 is 15.9 Å². The lowest BCUT2D eigenvalue weighted by molar-refractivity contribution is 0.281. The zero-order chi connectivity index (χ0) is 9.56. The number of aryl methyl sites for hydroxylation is 1. The van der Waals surface area contributed by atoms with Gasteiger partial charge in [0.2, 0.25) is 0 Å². The Morgan fingerprint density at radius 2 is 2.00 bits per heavy atom. The molecule has 0 saturated carbocycles. The highest BCUT2D eigenvalue weighted by Crippen LogP contribution is 2.15. The summed E-state index contributed by atoms with van der Waals surface area (Å²) in [6.45, 7) is 8.10. The first-order valence-corrected chi connectivity index (χ1v) is 4.39. The van der Waals surface area contributed by atoms with E-state index < -0.39 is 0 Å². The monoisotopic (exact) mass is 228 g/mol. The molecular formula is C10H13BrO. The van der Waals surface area contributed by atoms with Crippen molar-refractivity contribution in [1.82, 2.24) is 0 Å². The highest BCUT2D eigenvalue weighted by atomic mass is 79.9. The lowest BCUT2D eigenvalue weighted by atomic mass is 10.1. The fraction of sp³-hybridized carbons (Fsp3) is 0.200. The number of benzene rings is 1. The van der Waals surface area contributed by atoms with Crippen LogP contribution in [-0.4, -0.2) is 5.11 Å². The van der Waals surface area contributed by atoms with Gasteiger partial charge in [-0.1, -0.05) is 22.0 Å². The normalized spacial score (nSPS) is 8.58. The fourth-order valence-electron chi connectivity index (χ4n) is 0.810. The van der Waals surface area contributed by atoms with Gasteiger partial charge in [-0.2, -0.15) is 0 Å². The summed E-state index contributed by atoms with van der Waals surface area (Å²) in [4.78, 5) is 0. The summed E-state index contributed by atoms with van der Waals surface area (Å²) >= 11 is 3.33. The van der Waals surface area contributed by atoms with Crippen molar-refractivity contribution in [3.8, 4) is 0 Å². The van der Waals surface area contributed by atoms with Crippen molar-refractivity contribution in [3.63, 3.8) is 0 Å². The number of hydrogen-bond acceptors (Lipinski definition) is 1. The summed E-state index contributed by atoms with van der Waals surface area (Å²) in [6.07, 6.45) is 0. The molecule has 1 nitrogen and oxygen atoms in total. The summed E-state index contributed by atoms with van der Waals surface area (Å²) in [5.74, 6) is 0. The topological polar surface area (TPSA) is 20.2 Å². The zero-order valence-electron chi connectivity index (χ0n) is 7.18. The zero-order valence-corrected chi connectivity index (χ0v) is 8.76. The van der Waals surface area contributed by atoms with Crippen LogP contribution in [0.2, 0.25) is 0 Å². The molecule has 0 heterocycles. The SMILES string of the molecule is C=C.Cc1ccc(Br)cc1CO. The number of hydrogen-bond donors (Lipinski definition) is 1. The second-order valence-corrected chi connectivity index (χ2v) is 3.14. The predicted octanol–water partition coefficient (Wildman–Crippen LogP) is 3.05. The Morgan fingerprint density at radius 3 is 2.42 bits per heavy atom. The molecule has 1 aromatic rings. The van der Waals surface area contributed by atoms with Crippen molar-refractivity contribution < 1.29 is 5.11 Å². The van der Waals surface area contributed by atoms with E-state index in [0.717, 1.165) is 15.6 Å². The van der Waals surface area contributed by atoms with Gasteiger partial charge >= 0.3 is 0 Å². The molecule has 0 radical (unpaired) electrons. The lowest BCUT2D eigenvalue weighted by Gasteiger charge is -2.00. The minimum atomic E-state index is 0.116. The van der Waals surface area contributed by atoms with Crippen LogP contribution in [0.4, 0.5) is 0 Å². The van der Waals surface area contributed by atoms with Crippen LogP contribution in [0.1, 0.15) is 11.1 Å². The minimum absolute atomic E-state index is 0.116. The van der Waals surface area contributed by atoms with Crippen molar-refractivity contribution in [2.45, 2.75) is 13.5 Å². The third kappa shape index (κ3) is 3.20. The Morgan fingerprint density at radius 1 is 1.42 bits per heavy atom. The van der Waals surface area contributed by atoms with E-state index >= 15 is 0 Å². The van der Waals surface area contributed by atoms with Crippen LogP contribution >= 0.6 is 15.9 Å². The minimum Gasteiger partial charge on any atom is -0.392 e. The second kappa shape index (κ2) is 5.98. The van der Waals surface area contributed by atoms with Crippen LogP contribution in [0.15, 0.2) is 35.8 Å². The summed E-state index contributed by atoms with van der Waals surface area (Å²) in [6, 6.07) is 5.87. The molecule has 0 spiro atoms. The van der Waals surface area contributed by atoms with Gasteiger partial charge in [-0.15, -0.1) is 13.2 Å². The second-order valence-electron chi connectivity index (χ2n) is 2.23. The van der Waals surface area contributed by atoms with Gasteiger partial charge in [-0.3, -0.25) is 0 Å². The molecule has 0 unspecified atom stereocenters. The molecule has 1 aromatic carbocycles. The first kappa shape index (κ1) is 11.4. The van der Waals surface area contributed by atoms with E-state index in [1.807, 2.05) is 25.1 Å². The van der Waals surface area contributed by atoms with Crippen molar-refractivity contribution in [3.05, 3.63) is 47.0 Å². The van der Waals surface area contributed by atoms with Crippen molar-refractivity contribution in [2.75, 3.05) is 0 Å². The molecule has 0 aliphatic heterocycles. The maximum atomic E-state index is 8.82. The molecule has 0 aromatic heterocycles. The molecule has 66 valence electrons. The third-order valence-electron chi connectivity index (χ3n) is 1.48. The summed E-state index contributed by atoms with van der Waals surface area (Å²) in [7, 11) is 0. The summed E-state index contributed by atoms with van der Waals surface area (Å²) < 4.78 is 1.02. The van der Waals surface area contributed by atoms with E-state index in [0.29, 0.717) is 0 Å². The van der Waals surface area contributed by atoms with Gasteiger partial charge in [0.1, 0.15) is 0 Å². The highest BCUT2D eigenvalue weighted by molar-refractivity contribution is 9.10. The smallest absolute Gasteiger partial charge is 0.0684 e. The maximum absolute atomic E-state index is 8.82. The van der Waals surface area contributed by atoms with E-state index in [4.69, 9.17) is 5.11 Å². The summed E-state index contributed by atoms with van der Waals surface area (Å²) in [5, 5.41) is 8.82. The molecule has 0 aliphatic rings. The fourth-order valence-corrected chi connectivity index (χ4v) is 1.22.